The molecule has 0 bridgehead atoms. The van der Waals surface area contributed by atoms with E-state index in [1.54, 1.807) is 6.33 Å². The number of nitrogens with zero attached hydrogens (tertiary/aromatic N) is 4. The van der Waals surface area contributed by atoms with E-state index in [-0.39, 0.29) is 12.0 Å². The van der Waals surface area contributed by atoms with Crippen LogP contribution < -0.4 is 10.2 Å². The number of amides is 1. The molecule has 0 saturated carbocycles. The van der Waals surface area contributed by atoms with Crippen molar-refractivity contribution in [2.45, 2.75) is 32.8 Å². The van der Waals surface area contributed by atoms with Gasteiger partial charge in [-0.05, 0) is 31.9 Å². The summed E-state index contributed by atoms with van der Waals surface area (Å²) in [6, 6.07) is 0. The SMILES string of the molecule is CCN1CCN(c2ncnc3sc(C(=O)NCC4CCCO4)c(C)c23)CC1. The number of thiophene rings is 1. The number of carbonyl (C=O) groups is 1. The second kappa shape index (κ2) is 8.08. The number of fused-ring (bicyclic) bond motifs is 1. The largest absolute Gasteiger partial charge is 0.376 e. The van der Waals surface area contributed by atoms with Gasteiger partial charge >= 0.3 is 0 Å². The second-order valence-electron chi connectivity index (χ2n) is 7.20. The number of aromatic nitrogens is 2. The normalized spacial score (nSPS) is 21.1. The summed E-state index contributed by atoms with van der Waals surface area (Å²) in [5, 5.41) is 4.06. The molecule has 4 rings (SSSR count). The number of likely N-dealkylation sites (N-methyl/N-ethyl adjacent to an activating group) is 1. The first kappa shape index (κ1) is 18.6. The summed E-state index contributed by atoms with van der Waals surface area (Å²) in [6.07, 6.45) is 3.86. The highest BCUT2D eigenvalue weighted by Gasteiger charge is 2.25. The van der Waals surface area contributed by atoms with Crippen LogP contribution in [0, 0.1) is 6.92 Å². The standard InChI is InChI=1S/C19H27N5O2S/c1-3-23-6-8-24(9-7-23)17-15-13(2)16(27-19(15)22-12-21-17)18(25)20-11-14-5-4-10-26-14/h12,14H,3-11H2,1-2H3,(H,20,25). The molecule has 2 aliphatic rings. The van der Waals surface area contributed by atoms with Gasteiger partial charge in [0.1, 0.15) is 17.0 Å². The molecule has 27 heavy (non-hydrogen) atoms. The van der Waals surface area contributed by atoms with Gasteiger partial charge in [-0.1, -0.05) is 6.92 Å². The van der Waals surface area contributed by atoms with E-state index in [1.165, 1.54) is 11.3 Å². The molecule has 7 nitrogen and oxygen atoms in total. The van der Waals surface area contributed by atoms with Crippen LogP contribution >= 0.6 is 11.3 Å². The average Bonchev–Trinajstić information content (AvgIpc) is 3.34. The van der Waals surface area contributed by atoms with Crippen LogP contribution in [0.5, 0.6) is 0 Å². The summed E-state index contributed by atoms with van der Waals surface area (Å²) in [6.45, 7) is 10.7. The summed E-state index contributed by atoms with van der Waals surface area (Å²) in [4.78, 5) is 28.1. The van der Waals surface area contributed by atoms with Crippen LogP contribution in [0.2, 0.25) is 0 Å². The van der Waals surface area contributed by atoms with Crippen molar-refractivity contribution >= 4 is 33.3 Å². The first-order valence-corrected chi connectivity index (χ1v) is 10.6. The highest BCUT2D eigenvalue weighted by Crippen LogP contribution is 2.35. The zero-order valence-corrected chi connectivity index (χ0v) is 16.8. The fourth-order valence-electron chi connectivity index (χ4n) is 3.88. The van der Waals surface area contributed by atoms with Gasteiger partial charge in [0.25, 0.3) is 5.91 Å². The minimum Gasteiger partial charge on any atom is -0.376 e. The van der Waals surface area contributed by atoms with Crippen molar-refractivity contribution in [1.29, 1.82) is 0 Å². The van der Waals surface area contributed by atoms with E-state index in [1.807, 2.05) is 6.92 Å². The zero-order valence-electron chi connectivity index (χ0n) is 16.0. The average molecular weight is 390 g/mol. The molecule has 2 aromatic rings. The lowest BCUT2D eigenvalue weighted by Gasteiger charge is -2.35. The Balaban J connectivity index is 1.55. The van der Waals surface area contributed by atoms with Crippen LogP contribution in [0.4, 0.5) is 5.82 Å². The molecule has 1 unspecified atom stereocenters. The number of anilines is 1. The number of hydrogen-bond acceptors (Lipinski definition) is 7. The van der Waals surface area contributed by atoms with Crippen LogP contribution in [0.3, 0.4) is 0 Å². The number of rotatable bonds is 5. The lowest BCUT2D eigenvalue weighted by molar-refractivity contribution is 0.0860. The molecule has 1 N–H and O–H groups in total. The Morgan fingerprint density at radius 2 is 2.15 bits per heavy atom. The van der Waals surface area contributed by atoms with E-state index in [2.05, 4.69) is 32.0 Å². The number of carbonyl (C=O) groups excluding carboxylic acids is 1. The third kappa shape index (κ3) is 3.79. The van der Waals surface area contributed by atoms with Gasteiger partial charge in [-0.25, -0.2) is 9.97 Å². The molecule has 8 heteroatoms. The molecule has 2 aromatic heterocycles. The van der Waals surface area contributed by atoms with E-state index in [0.717, 1.165) is 78.6 Å². The number of piperazine rings is 1. The quantitative estimate of drug-likeness (QED) is 0.844. The fourth-order valence-corrected chi connectivity index (χ4v) is 4.94. The number of hydrogen-bond donors (Lipinski definition) is 1. The Bertz CT molecular complexity index is 810. The van der Waals surface area contributed by atoms with Gasteiger partial charge in [-0.3, -0.25) is 4.79 Å². The maximum Gasteiger partial charge on any atom is 0.261 e. The van der Waals surface area contributed by atoms with E-state index in [9.17, 15) is 4.79 Å². The zero-order chi connectivity index (χ0) is 18.8. The highest BCUT2D eigenvalue weighted by molar-refractivity contribution is 7.20. The van der Waals surface area contributed by atoms with Crippen molar-refractivity contribution < 1.29 is 9.53 Å². The van der Waals surface area contributed by atoms with Crippen LogP contribution in [0.25, 0.3) is 10.2 Å². The van der Waals surface area contributed by atoms with Gasteiger partial charge in [0.15, 0.2) is 0 Å². The Hall–Kier alpha value is -1.77. The minimum atomic E-state index is -0.0345. The molecule has 1 amide bonds. The van der Waals surface area contributed by atoms with Crippen LogP contribution in [0.1, 0.15) is 35.0 Å². The van der Waals surface area contributed by atoms with E-state index < -0.39 is 0 Å². The van der Waals surface area contributed by atoms with Crippen molar-refractivity contribution in [3.8, 4) is 0 Å². The third-order valence-electron chi connectivity index (χ3n) is 5.55. The predicted octanol–water partition coefficient (Wildman–Crippen LogP) is 2.05. The Morgan fingerprint density at radius 1 is 1.33 bits per heavy atom. The maximum atomic E-state index is 12.7. The van der Waals surface area contributed by atoms with Gasteiger partial charge in [0.05, 0.1) is 16.4 Å². The molecule has 0 radical (unpaired) electrons. The van der Waals surface area contributed by atoms with E-state index in [0.29, 0.717) is 6.54 Å². The van der Waals surface area contributed by atoms with Crippen molar-refractivity contribution in [2.75, 3.05) is 50.8 Å². The second-order valence-corrected chi connectivity index (χ2v) is 8.20. The van der Waals surface area contributed by atoms with Crippen molar-refractivity contribution in [2.24, 2.45) is 0 Å². The van der Waals surface area contributed by atoms with Gasteiger partial charge < -0.3 is 19.9 Å². The summed E-state index contributed by atoms with van der Waals surface area (Å²) in [5.41, 5.74) is 0.980. The molecule has 2 saturated heterocycles. The molecular weight excluding hydrogens is 362 g/mol. The van der Waals surface area contributed by atoms with E-state index in [4.69, 9.17) is 4.74 Å². The summed E-state index contributed by atoms with van der Waals surface area (Å²) in [5.74, 6) is 0.926. The fraction of sp³-hybridized carbons (Fsp3) is 0.632. The minimum absolute atomic E-state index is 0.0345. The molecular formula is C19H27N5O2S. The highest BCUT2D eigenvalue weighted by atomic mass is 32.1. The molecule has 146 valence electrons. The Labute approximate surface area is 163 Å². The van der Waals surface area contributed by atoms with Gasteiger partial charge in [0, 0.05) is 39.3 Å². The number of ether oxygens (including phenoxy) is 1. The van der Waals surface area contributed by atoms with Crippen LogP contribution in [0.15, 0.2) is 6.33 Å². The lowest BCUT2D eigenvalue weighted by atomic mass is 10.1. The predicted molar refractivity (Wildman–Crippen MR) is 108 cm³/mol. The van der Waals surface area contributed by atoms with Crippen molar-refractivity contribution in [3.63, 3.8) is 0 Å². The molecule has 0 aromatic carbocycles. The molecule has 0 spiro atoms. The lowest BCUT2D eigenvalue weighted by Crippen LogP contribution is -2.46. The smallest absolute Gasteiger partial charge is 0.261 e. The Kier molecular flexibility index (Phi) is 5.56. The number of nitrogens with one attached hydrogen (secondary N) is 1. The van der Waals surface area contributed by atoms with Crippen LogP contribution in [-0.2, 0) is 4.74 Å². The molecule has 0 aliphatic carbocycles. The van der Waals surface area contributed by atoms with Gasteiger partial charge in [0.2, 0.25) is 0 Å². The van der Waals surface area contributed by atoms with E-state index >= 15 is 0 Å². The first-order valence-electron chi connectivity index (χ1n) is 9.78. The molecule has 2 aliphatic heterocycles. The number of aryl methyl sites for hydroxylation is 1. The van der Waals surface area contributed by atoms with Crippen molar-refractivity contribution in [3.05, 3.63) is 16.8 Å². The third-order valence-corrected chi connectivity index (χ3v) is 6.74. The molecule has 2 fully saturated rings. The van der Waals surface area contributed by atoms with Gasteiger partial charge in [-0.15, -0.1) is 11.3 Å². The van der Waals surface area contributed by atoms with Gasteiger partial charge in [-0.2, -0.15) is 0 Å². The summed E-state index contributed by atoms with van der Waals surface area (Å²) < 4.78 is 5.60. The summed E-state index contributed by atoms with van der Waals surface area (Å²) >= 11 is 1.46. The maximum absolute atomic E-state index is 12.7. The topological polar surface area (TPSA) is 70.6 Å². The Morgan fingerprint density at radius 3 is 2.85 bits per heavy atom. The van der Waals surface area contributed by atoms with Crippen molar-refractivity contribution in [1.82, 2.24) is 20.2 Å². The first-order chi connectivity index (χ1) is 13.2. The molecule has 4 heterocycles. The van der Waals surface area contributed by atoms with Crippen LogP contribution in [-0.4, -0.2) is 72.8 Å². The monoisotopic (exact) mass is 389 g/mol. The molecule has 1 atom stereocenters. The summed E-state index contributed by atoms with van der Waals surface area (Å²) in [7, 11) is 0.